The van der Waals surface area contributed by atoms with Crippen LogP contribution in [0.4, 0.5) is 11.4 Å². The summed E-state index contributed by atoms with van der Waals surface area (Å²) in [6.45, 7) is 2.01. The number of carbonyl (C=O) groups is 1. The molecule has 5 rings (SSSR count). The number of carbonyl (C=O) groups excluding carboxylic acids is 1. The second-order valence-electron chi connectivity index (χ2n) is 8.08. The Hall–Kier alpha value is -4.04. The fraction of sp³-hybridized carbons (Fsp3) is 0.154. The van der Waals surface area contributed by atoms with Crippen molar-refractivity contribution in [2.75, 3.05) is 4.90 Å². The largest absolute Gasteiger partial charge is 0.479 e. The minimum Gasteiger partial charge on any atom is -0.479 e. The molecule has 3 aromatic carbocycles. The van der Waals surface area contributed by atoms with Gasteiger partial charge in [0.15, 0.2) is 6.10 Å². The molecule has 170 valence electrons. The Morgan fingerprint density at radius 2 is 1.82 bits per heavy atom. The lowest BCUT2D eigenvalue weighted by atomic mass is 10.1. The number of thiazole rings is 1. The Labute approximate surface area is 200 Å². The number of nitrogens with zero attached hydrogens (tertiary/aromatic N) is 3. The maximum atomic E-state index is 13.0. The van der Waals surface area contributed by atoms with Gasteiger partial charge in [-0.05, 0) is 36.2 Å². The van der Waals surface area contributed by atoms with Crippen molar-refractivity contribution < 1.29 is 14.5 Å². The summed E-state index contributed by atoms with van der Waals surface area (Å²) >= 11 is 1.61. The highest BCUT2D eigenvalue weighted by Gasteiger charge is 2.32. The van der Waals surface area contributed by atoms with Crippen LogP contribution >= 0.6 is 11.3 Å². The molecule has 1 aliphatic rings. The first kappa shape index (κ1) is 21.8. The highest BCUT2D eigenvalue weighted by Crippen LogP contribution is 2.38. The fourth-order valence-electron chi connectivity index (χ4n) is 3.93. The summed E-state index contributed by atoms with van der Waals surface area (Å²) in [5, 5.41) is 14.0. The third-order valence-electron chi connectivity index (χ3n) is 5.70. The molecular weight excluding hydrogens is 450 g/mol. The second kappa shape index (κ2) is 9.07. The summed E-state index contributed by atoms with van der Waals surface area (Å²) in [5.41, 5.74) is 4.42. The number of nitro groups is 1. The second-order valence-corrected chi connectivity index (χ2v) is 9.02. The minimum absolute atomic E-state index is 0.0166. The van der Waals surface area contributed by atoms with Crippen LogP contribution in [0.5, 0.6) is 5.75 Å². The van der Waals surface area contributed by atoms with E-state index in [0.29, 0.717) is 11.4 Å². The van der Waals surface area contributed by atoms with Crippen LogP contribution in [-0.4, -0.2) is 21.9 Å². The van der Waals surface area contributed by atoms with Crippen LogP contribution < -0.4 is 9.64 Å². The number of hydrogen-bond donors (Lipinski definition) is 0. The quantitative estimate of drug-likeness (QED) is 0.269. The zero-order valence-electron chi connectivity index (χ0n) is 18.4. The van der Waals surface area contributed by atoms with Crippen LogP contribution in [0.1, 0.15) is 23.1 Å². The average molecular weight is 472 g/mol. The van der Waals surface area contributed by atoms with Gasteiger partial charge in [0.2, 0.25) is 0 Å². The molecule has 4 aromatic rings. The molecule has 34 heavy (non-hydrogen) atoms. The molecule has 8 heteroatoms. The summed E-state index contributed by atoms with van der Waals surface area (Å²) in [5.74, 6) is 0.462. The Balaban J connectivity index is 1.43. The fourth-order valence-corrected chi connectivity index (χ4v) is 4.77. The van der Waals surface area contributed by atoms with Crippen LogP contribution in [0.15, 0.2) is 78.2 Å². The molecule has 0 saturated heterocycles. The van der Waals surface area contributed by atoms with Crippen LogP contribution in [0.3, 0.4) is 0 Å². The highest BCUT2D eigenvalue weighted by molar-refractivity contribution is 7.10. The zero-order valence-corrected chi connectivity index (χ0v) is 19.2. The Morgan fingerprint density at radius 3 is 2.56 bits per heavy atom. The van der Waals surface area contributed by atoms with Gasteiger partial charge in [-0.3, -0.25) is 14.9 Å². The van der Waals surface area contributed by atoms with Gasteiger partial charge in [-0.1, -0.05) is 42.5 Å². The molecular formula is C26H21N3O4S. The van der Waals surface area contributed by atoms with Crippen LogP contribution in [0, 0.1) is 10.1 Å². The normalized spacial score (nSPS) is 15.0. The van der Waals surface area contributed by atoms with Gasteiger partial charge in [0.1, 0.15) is 5.75 Å². The molecule has 2 heterocycles. The van der Waals surface area contributed by atoms with E-state index in [1.807, 2.05) is 41.8 Å². The molecule has 0 aliphatic carbocycles. The third kappa shape index (κ3) is 4.40. The van der Waals surface area contributed by atoms with Crippen molar-refractivity contribution in [3.63, 3.8) is 0 Å². The summed E-state index contributed by atoms with van der Waals surface area (Å²) in [6.07, 6.45) is 0.148. The molecule has 0 saturated carbocycles. The number of aromatic nitrogens is 1. The highest BCUT2D eigenvalue weighted by atomic mass is 32.1. The number of amides is 1. The third-order valence-corrected chi connectivity index (χ3v) is 6.55. The molecule has 0 bridgehead atoms. The Kier molecular flexibility index (Phi) is 5.81. The number of benzene rings is 3. The Morgan fingerprint density at radius 1 is 1.06 bits per heavy atom. The maximum Gasteiger partial charge on any atom is 0.269 e. The average Bonchev–Trinajstić information content (AvgIpc) is 3.31. The lowest BCUT2D eigenvalue weighted by Crippen LogP contribution is -2.44. The maximum absolute atomic E-state index is 13.0. The first-order chi connectivity index (χ1) is 16.5. The van der Waals surface area contributed by atoms with Gasteiger partial charge in [-0.15, -0.1) is 11.3 Å². The van der Waals surface area contributed by atoms with Gasteiger partial charge < -0.3 is 9.64 Å². The van der Waals surface area contributed by atoms with Crippen molar-refractivity contribution in [2.45, 2.75) is 26.0 Å². The number of nitro benzene ring substituents is 1. The van der Waals surface area contributed by atoms with Gasteiger partial charge in [-0.2, -0.15) is 0 Å². The Bertz CT molecular complexity index is 1350. The summed E-state index contributed by atoms with van der Waals surface area (Å²) < 4.78 is 5.84. The van der Waals surface area contributed by atoms with Crippen LogP contribution in [0.2, 0.25) is 0 Å². The smallest absolute Gasteiger partial charge is 0.269 e. The molecule has 0 radical (unpaired) electrons. The number of ether oxygens (including phenoxy) is 1. The molecule has 1 aromatic heterocycles. The van der Waals surface area contributed by atoms with Gasteiger partial charge in [0, 0.05) is 29.5 Å². The minimum atomic E-state index is -0.617. The van der Waals surface area contributed by atoms with E-state index in [1.165, 1.54) is 17.7 Å². The topological polar surface area (TPSA) is 85.6 Å². The van der Waals surface area contributed by atoms with Crippen LogP contribution in [0.25, 0.3) is 11.3 Å². The van der Waals surface area contributed by atoms with E-state index in [-0.39, 0.29) is 18.1 Å². The van der Waals surface area contributed by atoms with Gasteiger partial charge in [0.25, 0.3) is 11.6 Å². The first-order valence-electron chi connectivity index (χ1n) is 10.8. The van der Waals surface area contributed by atoms with Crippen molar-refractivity contribution in [2.24, 2.45) is 0 Å². The molecule has 1 amide bonds. The first-order valence-corrected chi connectivity index (χ1v) is 11.7. The summed E-state index contributed by atoms with van der Waals surface area (Å²) in [6, 6.07) is 22.2. The van der Waals surface area contributed by atoms with E-state index in [1.54, 1.807) is 35.3 Å². The van der Waals surface area contributed by atoms with Gasteiger partial charge in [-0.25, -0.2) is 4.98 Å². The van der Waals surface area contributed by atoms with Gasteiger partial charge in [0.05, 0.1) is 27.9 Å². The zero-order chi connectivity index (χ0) is 23.7. The monoisotopic (exact) mass is 471 g/mol. The molecule has 1 unspecified atom stereocenters. The SMILES string of the molecule is CC1Oc2ccc(-c3csc(Cc4ccccc4)n3)cc2N(Cc2ccc([N+](=O)[O-])cc2)C1=O. The van der Waals surface area contributed by atoms with E-state index < -0.39 is 11.0 Å². The van der Waals surface area contributed by atoms with Crippen molar-refractivity contribution >= 4 is 28.6 Å². The standard InChI is InChI=1S/C26H21N3O4S/c1-17-26(30)28(15-19-7-10-21(11-8-19)29(31)32)23-14-20(9-12-24(23)33-17)22-16-34-25(27-22)13-18-5-3-2-4-6-18/h2-12,14,16-17H,13,15H2,1H3. The van der Waals surface area contributed by atoms with Crippen LogP contribution in [-0.2, 0) is 17.8 Å². The van der Waals surface area contributed by atoms with Crippen molar-refractivity contribution in [3.8, 4) is 17.0 Å². The van der Waals surface area contributed by atoms with E-state index in [4.69, 9.17) is 9.72 Å². The number of fused-ring (bicyclic) bond motifs is 1. The summed E-state index contributed by atoms with van der Waals surface area (Å²) in [7, 11) is 0. The molecule has 0 spiro atoms. The van der Waals surface area contributed by atoms with E-state index in [9.17, 15) is 14.9 Å². The molecule has 1 aliphatic heterocycles. The van der Waals surface area contributed by atoms with E-state index >= 15 is 0 Å². The van der Waals surface area contributed by atoms with Crippen molar-refractivity contribution in [1.29, 1.82) is 0 Å². The molecule has 1 atom stereocenters. The predicted molar refractivity (Wildman–Crippen MR) is 131 cm³/mol. The number of rotatable bonds is 6. The summed E-state index contributed by atoms with van der Waals surface area (Å²) in [4.78, 5) is 30.0. The van der Waals surface area contributed by atoms with E-state index in [2.05, 4.69) is 12.1 Å². The number of hydrogen-bond acceptors (Lipinski definition) is 6. The van der Waals surface area contributed by atoms with Crippen molar-refractivity contribution in [3.05, 3.63) is 104 Å². The lowest BCUT2D eigenvalue weighted by molar-refractivity contribution is -0.384. The lowest BCUT2D eigenvalue weighted by Gasteiger charge is -2.33. The number of non-ortho nitro benzene ring substituents is 1. The predicted octanol–water partition coefficient (Wildman–Crippen LogP) is 5.62. The van der Waals surface area contributed by atoms with Gasteiger partial charge >= 0.3 is 0 Å². The van der Waals surface area contributed by atoms with E-state index in [0.717, 1.165) is 28.2 Å². The molecule has 0 fully saturated rings. The number of anilines is 1. The molecule has 7 nitrogen and oxygen atoms in total. The van der Waals surface area contributed by atoms with Crippen molar-refractivity contribution in [1.82, 2.24) is 4.98 Å². The molecule has 0 N–H and O–H groups in total.